The molecule has 0 unspecified atom stereocenters. The largest absolute Gasteiger partial charge is 0.444 e. The highest BCUT2D eigenvalue weighted by molar-refractivity contribution is 5.91. The van der Waals surface area contributed by atoms with Gasteiger partial charge in [-0.15, -0.1) is 0 Å². The third-order valence-electron chi connectivity index (χ3n) is 3.45. The van der Waals surface area contributed by atoms with Crippen LogP contribution in [0, 0.1) is 13.8 Å². The Morgan fingerprint density at radius 3 is 2.42 bits per heavy atom. The van der Waals surface area contributed by atoms with E-state index in [9.17, 15) is 14.4 Å². The Labute approximate surface area is 151 Å². The summed E-state index contributed by atoms with van der Waals surface area (Å²) in [6.07, 6.45) is -0.710. The van der Waals surface area contributed by atoms with Gasteiger partial charge in [-0.05, 0) is 64.8 Å². The van der Waals surface area contributed by atoms with E-state index in [1.54, 1.807) is 46.8 Å². The van der Waals surface area contributed by atoms with E-state index in [4.69, 9.17) is 13.9 Å². The van der Waals surface area contributed by atoms with Crippen LogP contribution in [0.5, 0.6) is 5.75 Å². The van der Waals surface area contributed by atoms with Gasteiger partial charge in [0.15, 0.2) is 0 Å². The van der Waals surface area contributed by atoms with Crippen LogP contribution in [0.4, 0.5) is 4.79 Å². The summed E-state index contributed by atoms with van der Waals surface area (Å²) in [5, 5.41) is 2.97. The zero-order valence-corrected chi connectivity index (χ0v) is 15.8. The van der Waals surface area contributed by atoms with E-state index in [0.717, 1.165) is 5.56 Å². The molecule has 26 heavy (non-hydrogen) atoms. The third-order valence-corrected chi connectivity index (χ3v) is 3.45. The molecule has 2 aromatic rings. The lowest BCUT2D eigenvalue weighted by atomic mass is 10.1. The zero-order valence-electron chi connectivity index (χ0n) is 15.8. The maximum atomic E-state index is 12.4. The Bertz CT molecular complexity index is 907. The molecule has 2 rings (SSSR count). The minimum atomic E-state index is -0.920. The molecule has 0 spiro atoms. The molecule has 7 nitrogen and oxygen atoms in total. The normalized spacial score (nSPS) is 12.5. The zero-order chi connectivity index (χ0) is 19.6. The molecule has 1 atom stereocenters. The van der Waals surface area contributed by atoms with E-state index in [1.807, 2.05) is 0 Å². The quantitative estimate of drug-likeness (QED) is 0.512. The van der Waals surface area contributed by atoms with E-state index < -0.39 is 29.3 Å². The van der Waals surface area contributed by atoms with Gasteiger partial charge in [0.05, 0.1) is 5.39 Å². The van der Waals surface area contributed by atoms with Gasteiger partial charge >= 0.3 is 17.7 Å². The Hall–Kier alpha value is -2.83. The molecule has 0 aliphatic carbocycles. The molecular formula is C19H23NO6. The summed E-state index contributed by atoms with van der Waals surface area (Å²) < 4.78 is 15.8. The summed E-state index contributed by atoms with van der Waals surface area (Å²) in [6.45, 7) is 10.2. The molecule has 1 aromatic carbocycles. The fourth-order valence-electron chi connectivity index (χ4n) is 2.40. The minimum absolute atomic E-state index is 0.268. The van der Waals surface area contributed by atoms with Crippen molar-refractivity contribution in [3.8, 4) is 5.75 Å². The van der Waals surface area contributed by atoms with Gasteiger partial charge in [0.1, 0.15) is 23.0 Å². The molecule has 1 heterocycles. The fraction of sp³-hybridized carbons (Fsp3) is 0.421. The maximum absolute atomic E-state index is 12.4. The van der Waals surface area contributed by atoms with E-state index >= 15 is 0 Å². The number of nitrogens with one attached hydrogen (secondary N) is 1. The Balaban J connectivity index is 2.24. The van der Waals surface area contributed by atoms with Crippen LogP contribution in [0.25, 0.3) is 11.0 Å². The first-order valence-electron chi connectivity index (χ1n) is 8.22. The van der Waals surface area contributed by atoms with Gasteiger partial charge in [-0.2, -0.15) is 0 Å². The molecule has 0 bridgehead atoms. The Morgan fingerprint density at radius 1 is 1.15 bits per heavy atom. The van der Waals surface area contributed by atoms with E-state index in [0.29, 0.717) is 16.5 Å². The average Bonchev–Trinajstić information content (AvgIpc) is 2.43. The Morgan fingerprint density at radius 2 is 1.81 bits per heavy atom. The summed E-state index contributed by atoms with van der Waals surface area (Å²) in [5.41, 5.74) is 0.590. The lowest BCUT2D eigenvalue weighted by molar-refractivity contribution is -0.136. The summed E-state index contributed by atoms with van der Waals surface area (Å²) in [6, 6.07) is 3.78. The van der Waals surface area contributed by atoms with Crippen molar-refractivity contribution in [2.24, 2.45) is 0 Å². The van der Waals surface area contributed by atoms with Gasteiger partial charge in [-0.1, -0.05) is 0 Å². The van der Waals surface area contributed by atoms with E-state index in [-0.39, 0.29) is 5.75 Å². The van der Waals surface area contributed by atoms with E-state index in [1.165, 1.54) is 13.0 Å². The maximum Gasteiger partial charge on any atom is 0.408 e. The number of hydrogen-bond donors (Lipinski definition) is 1. The molecule has 0 saturated carbocycles. The van der Waals surface area contributed by atoms with Crippen LogP contribution in [0.3, 0.4) is 0 Å². The van der Waals surface area contributed by atoms with Crippen molar-refractivity contribution < 1.29 is 23.5 Å². The number of aryl methyl sites for hydroxylation is 2. The van der Waals surface area contributed by atoms with Gasteiger partial charge in [0, 0.05) is 6.07 Å². The molecule has 140 valence electrons. The highest BCUT2D eigenvalue weighted by Gasteiger charge is 2.23. The predicted molar refractivity (Wildman–Crippen MR) is 96.4 cm³/mol. The summed E-state index contributed by atoms with van der Waals surface area (Å²) in [5.74, 6) is -0.391. The standard InChI is InChI=1S/C19H23NO6/c1-10-7-13-16(11(2)9-15(21)24-13)14(8-10)25-17(22)12(3)20-18(23)26-19(4,5)6/h7-9,12H,1-6H3,(H,20,23)/t12-/m0/s1. The number of benzene rings is 1. The van der Waals surface area contributed by atoms with Crippen LogP contribution in [0.15, 0.2) is 27.4 Å². The topological polar surface area (TPSA) is 94.8 Å². The van der Waals surface area contributed by atoms with Gasteiger partial charge in [0.2, 0.25) is 0 Å². The first-order chi connectivity index (χ1) is 12.0. The van der Waals surface area contributed by atoms with Crippen molar-refractivity contribution in [2.75, 3.05) is 0 Å². The summed E-state index contributed by atoms with van der Waals surface area (Å²) in [7, 11) is 0. The number of fused-ring (bicyclic) bond motifs is 1. The molecule has 0 aliphatic rings. The molecule has 0 aliphatic heterocycles. The molecular weight excluding hydrogens is 338 g/mol. The summed E-state index contributed by atoms with van der Waals surface area (Å²) in [4.78, 5) is 35.7. The van der Waals surface area contributed by atoms with Crippen LogP contribution in [-0.2, 0) is 9.53 Å². The van der Waals surface area contributed by atoms with Crippen molar-refractivity contribution in [3.05, 3.63) is 39.7 Å². The van der Waals surface area contributed by atoms with Crippen molar-refractivity contribution in [3.63, 3.8) is 0 Å². The van der Waals surface area contributed by atoms with E-state index in [2.05, 4.69) is 5.32 Å². The molecule has 1 N–H and O–H groups in total. The number of ether oxygens (including phenoxy) is 2. The van der Waals surface area contributed by atoms with Crippen LogP contribution < -0.4 is 15.7 Å². The number of alkyl carbamates (subject to hydrolysis) is 1. The van der Waals surface area contributed by atoms with Crippen molar-refractivity contribution in [1.29, 1.82) is 0 Å². The number of amides is 1. The second-order valence-corrected chi connectivity index (χ2v) is 7.17. The van der Waals surface area contributed by atoms with Gasteiger partial charge < -0.3 is 19.2 Å². The average molecular weight is 361 g/mol. The molecule has 7 heteroatoms. The summed E-state index contributed by atoms with van der Waals surface area (Å²) >= 11 is 0. The minimum Gasteiger partial charge on any atom is -0.444 e. The molecule has 0 fully saturated rings. The number of hydrogen-bond acceptors (Lipinski definition) is 6. The number of esters is 1. The molecule has 0 saturated heterocycles. The highest BCUT2D eigenvalue weighted by atomic mass is 16.6. The lowest BCUT2D eigenvalue weighted by Crippen LogP contribution is -2.43. The van der Waals surface area contributed by atoms with Gasteiger partial charge in [0.25, 0.3) is 0 Å². The Kier molecular flexibility index (Phi) is 5.39. The van der Waals surface area contributed by atoms with Crippen molar-refractivity contribution in [2.45, 2.75) is 53.2 Å². The second-order valence-electron chi connectivity index (χ2n) is 7.17. The number of carbonyl (C=O) groups excluding carboxylic acids is 2. The van der Waals surface area contributed by atoms with Crippen LogP contribution in [0.2, 0.25) is 0 Å². The van der Waals surface area contributed by atoms with Gasteiger partial charge in [-0.25, -0.2) is 14.4 Å². The first-order valence-corrected chi connectivity index (χ1v) is 8.22. The monoisotopic (exact) mass is 361 g/mol. The highest BCUT2D eigenvalue weighted by Crippen LogP contribution is 2.29. The van der Waals surface area contributed by atoms with Crippen LogP contribution in [0.1, 0.15) is 38.8 Å². The fourth-order valence-corrected chi connectivity index (χ4v) is 2.40. The lowest BCUT2D eigenvalue weighted by Gasteiger charge is -2.21. The van der Waals surface area contributed by atoms with Crippen LogP contribution >= 0.6 is 0 Å². The van der Waals surface area contributed by atoms with Gasteiger partial charge in [-0.3, -0.25) is 0 Å². The SMILES string of the molecule is Cc1cc(OC(=O)[C@H](C)NC(=O)OC(C)(C)C)c2c(C)cc(=O)oc2c1. The molecule has 0 radical (unpaired) electrons. The number of carbonyl (C=O) groups is 2. The third kappa shape index (κ3) is 4.84. The van der Waals surface area contributed by atoms with Crippen LogP contribution in [-0.4, -0.2) is 23.7 Å². The van der Waals surface area contributed by atoms with Crippen molar-refractivity contribution >= 4 is 23.0 Å². The molecule has 1 aromatic heterocycles. The molecule has 1 amide bonds. The predicted octanol–water partition coefficient (Wildman–Crippen LogP) is 3.23. The smallest absolute Gasteiger partial charge is 0.408 e. The first kappa shape index (κ1) is 19.5. The number of rotatable bonds is 3. The van der Waals surface area contributed by atoms with Crippen molar-refractivity contribution in [1.82, 2.24) is 5.32 Å². The second kappa shape index (κ2) is 7.19.